The van der Waals surface area contributed by atoms with E-state index in [-0.39, 0.29) is 30.2 Å². The van der Waals surface area contributed by atoms with Crippen LogP contribution in [0.3, 0.4) is 0 Å². The van der Waals surface area contributed by atoms with Crippen molar-refractivity contribution in [1.82, 2.24) is 26.4 Å². The molecule has 2 aliphatic heterocycles. The average Bonchev–Trinajstić information content (AvgIpc) is 3.19. The highest BCUT2D eigenvalue weighted by atomic mass is 19.1. The fourth-order valence-corrected chi connectivity index (χ4v) is 3.36. The lowest BCUT2D eigenvalue weighted by molar-refractivity contribution is -0.127. The zero-order valence-electron chi connectivity index (χ0n) is 16.1. The van der Waals surface area contributed by atoms with Crippen molar-refractivity contribution in [3.63, 3.8) is 0 Å². The van der Waals surface area contributed by atoms with Crippen LogP contribution in [-0.2, 0) is 14.3 Å². The van der Waals surface area contributed by atoms with Crippen LogP contribution in [0.15, 0.2) is 18.2 Å². The monoisotopic (exact) mass is 393 g/mol. The second-order valence-corrected chi connectivity index (χ2v) is 7.16. The first-order valence-corrected chi connectivity index (χ1v) is 9.64. The van der Waals surface area contributed by atoms with Gasteiger partial charge in [0.25, 0.3) is 0 Å². The van der Waals surface area contributed by atoms with Gasteiger partial charge >= 0.3 is 0 Å². The van der Waals surface area contributed by atoms with Gasteiger partial charge in [-0.1, -0.05) is 12.1 Å². The molecule has 2 fully saturated rings. The van der Waals surface area contributed by atoms with Crippen LogP contribution in [0.5, 0.6) is 0 Å². The number of nitrogens with zero attached hydrogens (tertiary/aromatic N) is 1. The summed E-state index contributed by atoms with van der Waals surface area (Å²) in [6.07, 6.45) is 0.523. The highest BCUT2D eigenvalue weighted by molar-refractivity contribution is 5.87. The van der Waals surface area contributed by atoms with Gasteiger partial charge in [-0.05, 0) is 30.5 Å². The van der Waals surface area contributed by atoms with E-state index in [1.807, 2.05) is 0 Å². The maximum atomic E-state index is 13.4. The Kier molecular flexibility index (Phi) is 7.32. The molecule has 3 rings (SSSR count). The number of hydrogen-bond donors (Lipinski definition) is 4. The summed E-state index contributed by atoms with van der Waals surface area (Å²) >= 11 is 0. The Labute approximate surface area is 164 Å². The molecule has 2 heterocycles. The molecule has 0 aliphatic carbocycles. The number of hydrazine groups is 1. The summed E-state index contributed by atoms with van der Waals surface area (Å²) in [5.74, 6) is -0.695. The second kappa shape index (κ2) is 9.92. The molecule has 0 saturated carbocycles. The summed E-state index contributed by atoms with van der Waals surface area (Å²) in [6.45, 7) is 6.18. The first-order chi connectivity index (χ1) is 13.5. The Hall–Kier alpha value is -2.07. The van der Waals surface area contributed by atoms with Crippen molar-refractivity contribution in [2.24, 2.45) is 0 Å². The van der Waals surface area contributed by atoms with E-state index in [9.17, 15) is 14.0 Å². The van der Waals surface area contributed by atoms with Crippen LogP contribution in [0.2, 0.25) is 0 Å². The Morgan fingerprint density at radius 3 is 2.79 bits per heavy atom. The third-order valence-electron chi connectivity index (χ3n) is 5.08. The van der Waals surface area contributed by atoms with Crippen molar-refractivity contribution < 1.29 is 18.7 Å². The number of ether oxygens (including phenoxy) is 1. The normalized spacial score (nSPS) is 22.8. The van der Waals surface area contributed by atoms with E-state index in [4.69, 9.17) is 4.74 Å². The number of carbonyl (C=O) groups excluding carboxylic acids is 2. The molecule has 1 aromatic carbocycles. The molecule has 0 radical (unpaired) electrons. The van der Waals surface area contributed by atoms with E-state index in [0.717, 1.165) is 38.4 Å². The van der Waals surface area contributed by atoms with Crippen molar-refractivity contribution >= 4 is 11.8 Å². The summed E-state index contributed by atoms with van der Waals surface area (Å²) in [5, 5.41) is 5.47. The zero-order chi connectivity index (χ0) is 19.9. The molecule has 2 atom stereocenters. The van der Waals surface area contributed by atoms with Gasteiger partial charge in [-0.3, -0.25) is 14.5 Å². The molecule has 28 heavy (non-hydrogen) atoms. The summed E-state index contributed by atoms with van der Waals surface area (Å²) < 4.78 is 18.7. The topological polar surface area (TPSA) is 94.7 Å². The molecule has 154 valence electrons. The molecule has 1 aromatic rings. The van der Waals surface area contributed by atoms with Crippen molar-refractivity contribution in [2.45, 2.75) is 25.4 Å². The Balaban J connectivity index is 1.35. The van der Waals surface area contributed by atoms with Gasteiger partial charge in [-0.15, -0.1) is 0 Å². The molecule has 0 spiro atoms. The fourth-order valence-electron chi connectivity index (χ4n) is 3.36. The molecule has 9 heteroatoms. The first kappa shape index (κ1) is 20.7. The summed E-state index contributed by atoms with van der Waals surface area (Å²) in [5.41, 5.74) is 7.49. The van der Waals surface area contributed by atoms with Gasteiger partial charge in [0.2, 0.25) is 11.8 Å². The number of amides is 2. The minimum Gasteiger partial charge on any atom is -0.379 e. The van der Waals surface area contributed by atoms with E-state index in [0.29, 0.717) is 18.5 Å². The molecule has 4 N–H and O–H groups in total. The molecule has 2 saturated heterocycles. The number of morpholine rings is 1. The fraction of sp³-hybridized carbons (Fsp3) is 0.579. The molecule has 2 aliphatic rings. The van der Waals surface area contributed by atoms with E-state index in [1.165, 1.54) is 6.07 Å². The minimum atomic E-state index is -0.448. The smallest absolute Gasteiger partial charge is 0.239 e. The molecule has 0 aromatic heterocycles. The molecular formula is C19H28FN5O3. The van der Waals surface area contributed by atoms with Gasteiger partial charge in [0.1, 0.15) is 11.9 Å². The van der Waals surface area contributed by atoms with E-state index < -0.39 is 6.04 Å². The first-order valence-electron chi connectivity index (χ1n) is 9.64. The summed E-state index contributed by atoms with van der Waals surface area (Å²) in [4.78, 5) is 26.4. The molecule has 2 unspecified atom stereocenters. The van der Waals surface area contributed by atoms with Gasteiger partial charge in [0.05, 0.1) is 19.8 Å². The van der Waals surface area contributed by atoms with Crippen molar-refractivity contribution in [3.8, 4) is 0 Å². The minimum absolute atomic E-state index is 0.0551. The molecular weight excluding hydrogens is 365 g/mol. The van der Waals surface area contributed by atoms with Gasteiger partial charge < -0.3 is 15.4 Å². The number of carbonyl (C=O) groups is 2. The van der Waals surface area contributed by atoms with Crippen molar-refractivity contribution in [1.29, 1.82) is 0 Å². The van der Waals surface area contributed by atoms with Crippen LogP contribution < -0.4 is 21.5 Å². The molecule has 0 bridgehead atoms. The second-order valence-electron chi connectivity index (χ2n) is 7.16. The third kappa shape index (κ3) is 5.71. The highest BCUT2D eigenvalue weighted by Crippen LogP contribution is 2.23. The number of rotatable bonds is 7. The van der Waals surface area contributed by atoms with Gasteiger partial charge in [-0.2, -0.15) is 0 Å². The van der Waals surface area contributed by atoms with E-state index in [2.05, 4.69) is 26.4 Å². The number of hydrogen-bond acceptors (Lipinski definition) is 6. The lowest BCUT2D eigenvalue weighted by Crippen LogP contribution is -2.47. The van der Waals surface area contributed by atoms with E-state index >= 15 is 0 Å². The van der Waals surface area contributed by atoms with Crippen LogP contribution in [0.1, 0.15) is 23.6 Å². The number of nitrogens with one attached hydrogen (secondary N) is 4. The standard InChI is InChI=1S/C19H28FN5O3/c1-13-10-14(2-3-15(13)20)16-11-17(24-23-16)19(27)22-12-18(26)21-4-5-25-6-8-28-9-7-25/h2-3,10,16-17,23-24H,4-9,11-12H2,1H3,(H,21,26)(H,22,27). The number of benzene rings is 1. The van der Waals surface area contributed by atoms with Crippen molar-refractivity contribution in [2.75, 3.05) is 45.9 Å². The van der Waals surface area contributed by atoms with Gasteiger partial charge in [-0.25, -0.2) is 15.2 Å². The predicted molar refractivity (Wildman–Crippen MR) is 102 cm³/mol. The lowest BCUT2D eigenvalue weighted by atomic mass is 10.00. The number of halogens is 1. The van der Waals surface area contributed by atoms with Crippen LogP contribution in [0.4, 0.5) is 4.39 Å². The third-order valence-corrected chi connectivity index (χ3v) is 5.08. The SMILES string of the molecule is Cc1cc(C2CC(C(=O)NCC(=O)NCCN3CCOCC3)NN2)ccc1F. The average molecular weight is 393 g/mol. The lowest BCUT2D eigenvalue weighted by Gasteiger charge is -2.26. The Morgan fingerprint density at radius 2 is 2.04 bits per heavy atom. The quantitative estimate of drug-likeness (QED) is 0.504. The molecule has 2 amide bonds. The van der Waals surface area contributed by atoms with Crippen LogP contribution in [0.25, 0.3) is 0 Å². The molecule has 8 nitrogen and oxygen atoms in total. The van der Waals surface area contributed by atoms with Crippen LogP contribution in [-0.4, -0.2) is 68.7 Å². The maximum Gasteiger partial charge on any atom is 0.239 e. The van der Waals surface area contributed by atoms with Crippen molar-refractivity contribution in [3.05, 3.63) is 35.1 Å². The maximum absolute atomic E-state index is 13.4. The Bertz CT molecular complexity index is 696. The summed E-state index contributed by atoms with van der Waals surface area (Å²) in [7, 11) is 0. The zero-order valence-corrected chi connectivity index (χ0v) is 16.1. The highest BCUT2D eigenvalue weighted by Gasteiger charge is 2.30. The van der Waals surface area contributed by atoms with Crippen LogP contribution >= 0.6 is 0 Å². The van der Waals surface area contributed by atoms with Gasteiger partial charge in [0.15, 0.2) is 0 Å². The van der Waals surface area contributed by atoms with E-state index in [1.54, 1.807) is 19.1 Å². The largest absolute Gasteiger partial charge is 0.379 e. The number of aryl methyl sites for hydroxylation is 1. The van der Waals surface area contributed by atoms with Crippen LogP contribution in [0, 0.1) is 12.7 Å². The van der Waals surface area contributed by atoms with Gasteiger partial charge in [0, 0.05) is 32.2 Å². The predicted octanol–water partition coefficient (Wildman–Crippen LogP) is -0.394. The Morgan fingerprint density at radius 1 is 1.25 bits per heavy atom. The summed E-state index contributed by atoms with van der Waals surface area (Å²) in [6, 6.07) is 4.38.